The average Bonchev–Trinajstić information content (AvgIpc) is 2.69. The number of hydrogen-bond donors (Lipinski definition) is 0. The lowest BCUT2D eigenvalue weighted by molar-refractivity contribution is -0.131. The first-order valence-corrected chi connectivity index (χ1v) is 9.40. The van der Waals surface area contributed by atoms with Crippen LogP contribution >= 0.6 is 11.8 Å². The molecule has 0 aliphatic heterocycles. The fourth-order valence-corrected chi connectivity index (χ4v) is 3.44. The second-order valence-corrected chi connectivity index (χ2v) is 7.26. The fraction of sp³-hybridized carbons (Fsp3) is 0.190. The number of aromatic nitrogens is 2. The van der Waals surface area contributed by atoms with Crippen LogP contribution in [0.5, 0.6) is 0 Å². The number of benzene rings is 2. The monoisotopic (exact) mass is 363 g/mol. The SMILES string of the molecule is CC(Sc1ncccn1)C(=O)N(Cc1ccccc1)Cc1ccccc1. The minimum absolute atomic E-state index is 0.0789. The topological polar surface area (TPSA) is 46.1 Å². The minimum Gasteiger partial charge on any atom is -0.333 e. The number of thioether (sulfide) groups is 1. The van der Waals surface area contributed by atoms with Crippen molar-refractivity contribution in [2.24, 2.45) is 0 Å². The molecule has 3 rings (SSSR count). The van der Waals surface area contributed by atoms with Gasteiger partial charge in [0.2, 0.25) is 5.91 Å². The highest BCUT2D eigenvalue weighted by atomic mass is 32.2. The first-order chi connectivity index (χ1) is 12.7. The summed E-state index contributed by atoms with van der Waals surface area (Å²) in [6.07, 6.45) is 3.39. The molecule has 132 valence electrons. The zero-order valence-electron chi connectivity index (χ0n) is 14.7. The van der Waals surface area contributed by atoms with Crippen LogP contribution in [0.4, 0.5) is 0 Å². The minimum atomic E-state index is -0.259. The van der Waals surface area contributed by atoms with Crippen LogP contribution in [0.1, 0.15) is 18.1 Å². The van der Waals surface area contributed by atoms with Crippen LogP contribution in [-0.2, 0) is 17.9 Å². The third-order valence-corrected chi connectivity index (χ3v) is 4.89. The van der Waals surface area contributed by atoms with E-state index in [2.05, 4.69) is 9.97 Å². The van der Waals surface area contributed by atoms with Gasteiger partial charge in [-0.2, -0.15) is 0 Å². The van der Waals surface area contributed by atoms with E-state index < -0.39 is 0 Å². The van der Waals surface area contributed by atoms with Gasteiger partial charge in [-0.1, -0.05) is 72.4 Å². The molecule has 3 aromatic rings. The normalized spacial score (nSPS) is 11.7. The molecule has 0 radical (unpaired) electrons. The summed E-state index contributed by atoms with van der Waals surface area (Å²) in [4.78, 5) is 23.4. The highest BCUT2D eigenvalue weighted by molar-refractivity contribution is 8.00. The lowest BCUT2D eigenvalue weighted by Gasteiger charge is -2.25. The number of carbonyl (C=O) groups is 1. The van der Waals surface area contributed by atoms with Crippen molar-refractivity contribution in [1.82, 2.24) is 14.9 Å². The lowest BCUT2D eigenvalue weighted by Crippen LogP contribution is -2.35. The molecule has 1 heterocycles. The zero-order valence-corrected chi connectivity index (χ0v) is 15.5. The molecule has 0 bridgehead atoms. The van der Waals surface area contributed by atoms with Gasteiger partial charge in [0.05, 0.1) is 5.25 Å². The van der Waals surface area contributed by atoms with Gasteiger partial charge in [0.25, 0.3) is 0 Å². The summed E-state index contributed by atoms with van der Waals surface area (Å²) >= 11 is 1.39. The molecule has 26 heavy (non-hydrogen) atoms. The Labute approximate surface area is 158 Å². The predicted octanol–water partition coefficient (Wildman–Crippen LogP) is 4.19. The molecule has 0 aliphatic rings. The van der Waals surface area contributed by atoms with Gasteiger partial charge in [-0.25, -0.2) is 9.97 Å². The Bertz CT molecular complexity index is 771. The van der Waals surface area contributed by atoms with Crippen molar-refractivity contribution in [3.63, 3.8) is 0 Å². The van der Waals surface area contributed by atoms with Gasteiger partial charge in [-0.05, 0) is 24.1 Å². The number of hydrogen-bond acceptors (Lipinski definition) is 4. The molecule has 0 spiro atoms. The molecule has 1 aromatic heterocycles. The van der Waals surface area contributed by atoms with Crippen LogP contribution in [0.3, 0.4) is 0 Å². The van der Waals surface area contributed by atoms with E-state index in [1.54, 1.807) is 18.5 Å². The van der Waals surface area contributed by atoms with Gasteiger partial charge in [-0.15, -0.1) is 0 Å². The Morgan fingerprint density at radius 2 is 1.38 bits per heavy atom. The molecule has 4 nitrogen and oxygen atoms in total. The quantitative estimate of drug-likeness (QED) is 0.466. The Morgan fingerprint density at radius 1 is 0.885 bits per heavy atom. The Morgan fingerprint density at radius 3 is 1.88 bits per heavy atom. The van der Waals surface area contributed by atoms with E-state index in [4.69, 9.17) is 0 Å². The van der Waals surface area contributed by atoms with Crippen LogP contribution in [-0.4, -0.2) is 26.0 Å². The number of rotatable bonds is 7. The van der Waals surface area contributed by atoms with Crippen molar-refractivity contribution < 1.29 is 4.79 Å². The summed E-state index contributed by atoms with van der Waals surface area (Å²) in [7, 11) is 0. The van der Waals surface area contributed by atoms with E-state index in [0.717, 1.165) is 11.1 Å². The first-order valence-electron chi connectivity index (χ1n) is 8.52. The van der Waals surface area contributed by atoms with Crippen molar-refractivity contribution in [3.05, 3.63) is 90.3 Å². The molecule has 0 N–H and O–H groups in total. The lowest BCUT2D eigenvalue weighted by atomic mass is 10.1. The largest absolute Gasteiger partial charge is 0.333 e. The third kappa shape index (κ3) is 5.17. The highest BCUT2D eigenvalue weighted by Crippen LogP contribution is 2.22. The Kier molecular flexibility index (Phi) is 6.39. The van der Waals surface area contributed by atoms with E-state index in [-0.39, 0.29) is 11.2 Å². The maximum absolute atomic E-state index is 13.1. The van der Waals surface area contributed by atoms with Gasteiger partial charge in [0.1, 0.15) is 0 Å². The Hall–Kier alpha value is -2.66. The zero-order chi connectivity index (χ0) is 18.2. The van der Waals surface area contributed by atoms with E-state index in [0.29, 0.717) is 18.2 Å². The molecule has 2 aromatic carbocycles. The van der Waals surface area contributed by atoms with Crippen molar-refractivity contribution in [2.75, 3.05) is 0 Å². The summed E-state index contributed by atoms with van der Waals surface area (Å²) in [5, 5.41) is 0.359. The van der Waals surface area contributed by atoms with E-state index in [9.17, 15) is 4.79 Å². The van der Waals surface area contributed by atoms with Gasteiger partial charge in [-0.3, -0.25) is 4.79 Å². The summed E-state index contributed by atoms with van der Waals surface area (Å²) in [5.74, 6) is 0.0789. The standard InChI is InChI=1S/C21H21N3OS/c1-17(26-21-22-13-8-14-23-21)20(25)24(15-18-9-4-2-5-10-18)16-19-11-6-3-7-12-19/h2-14,17H,15-16H2,1H3. The molecule has 0 saturated heterocycles. The van der Waals surface area contributed by atoms with Gasteiger partial charge >= 0.3 is 0 Å². The number of nitrogens with zero attached hydrogens (tertiary/aromatic N) is 3. The number of carbonyl (C=O) groups excluding carboxylic acids is 1. The summed E-state index contributed by atoms with van der Waals surface area (Å²) in [5.41, 5.74) is 2.23. The first kappa shape index (κ1) is 18.1. The van der Waals surface area contributed by atoms with Crippen molar-refractivity contribution in [3.8, 4) is 0 Å². The average molecular weight is 363 g/mol. The number of amides is 1. The van der Waals surface area contributed by atoms with E-state index in [1.165, 1.54) is 11.8 Å². The molecule has 1 amide bonds. The third-order valence-electron chi connectivity index (χ3n) is 3.92. The van der Waals surface area contributed by atoms with E-state index >= 15 is 0 Å². The van der Waals surface area contributed by atoms with Gasteiger partial charge < -0.3 is 4.90 Å². The second kappa shape index (κ2) is 9.15. The highest BCUT2D eigenvalue weighted by Gasteiger charge is 2.23. The molecule has 5 heteroatoms. The van der Waals surface area contributed by atoms with Crippen molar-refractivity contribution >= 4 is 17.7 Å². The summed E-state index contributed by atoms with van der Waals surface area (Å²) < 4.78 is 0. The van der Waals surface area contributed by atoms with E-state index in [1.807, 2.05) is 72.5 Å². The molecule has 1 atom stereocenters. The molecule has 0 fully saturated rings. The van der Waals surface area contributed by atoms with Gasteiger partial charge in [0, 0.05) is 25.5 Å². The summed E-state index contributed by atoms with van der Waals surface area (Å²) in [6.45, 7) is 3.07. The van der Waals surface area contributed by atoms with Crippen LogP contribution in [0.25, 0.3) is 0 Å². The summed E-state index contributed by atoms with van der Waals surface area (Å²) in [6, 6.07) is 21.9. The van der Waals surface area contributed by atoms with Crippen molar-refractivity contribution in [1.29, 1.82) is 0 Å². The molecule has 0 saturated carbocycles. The van der Waals surface area contributed by atoms with Crippen LogP contribution in [0.2, 0.25) is 0 Å². The fourth-order valence-electron chi connectivity index (χ4n) is 2.63. The second-order valence-electron chi connectivity index (χ2n) is 5.96. The smallest absolute Gasteiger partial charge is 0.236 e. The van der Waals surface area contributed by atoms with Crippen LogP contribution < -0.4 is 0 Å². The molecular formula is C21H21N3OS. The van der Waals surface area contributed by atoms with Crippen LogP contribution in [0.15, 0.2) is 84.3 Å². The maximum Gasteiger partial charge on any atom is 0.236 e. The molecule has 0 aliphatic carbocycles. The van der Waals surface area contributed by atoms with Crippen molar-refractivity contribution in [2.45, 2.75) is 30.4 Å². The maximum atomic E-state index is 13.1. The van der Waals surface area contributed by atoms with Gasteiger partial charge in [0.15, 0.2) is 5.16 Å². The molecular weight excluding hydrogens is 342 g/mol. The predicted molar refractivity (Wildman–Crippen MR) is 104 cm³/mol. The molecule has 1 unspecified atom stereocenters. The van der Waals surface area contributed by atoms with Crippen LogP contribution in [0, 0.1) is 0 Å². The Balaban J connectivity index is 1.75.